The number of rotatable bonds is 5. The second-order valence-corrected chi connectivity index (χ2v) is 4.97. The summed E-state index contributed by atoms with van der Waals surface area (Å²) in [6.45, 7) is 4.23. The van der Waals surface area contributed by atoms with Crippen LogP contribution in [0.25, 0.3) is 0 Å². The Labute approximate surface area is 128 Å². The molecule has 1 aromatic carbocycles. The van der Waals surface area contributed by atoms with Crippen molar-refractivity contribution in [3.63, 3.8) is 0 Å². The summed E-state index contributed by atoms with van der Waals surface area (Å²) in [5, 5.41) is 2.68. The Bertz CT molecular complexity index is 595. The van der Waals surface area contributed by atoms with Crippen molar-refractivity contribution in [1.29, 1.82) is 0 Å². The van der Waals surface area contributed by atoms with Crippen LogP contribution in [0.2, 0.25) is 0 Å². The molecule has 2 rings (SSSR count). The van der Waals surface area contributed by atoms with Crippen molar-refractivity contribution in [2.75, 3.05) is 25.1 Å². The molecule has 0 radical (unpaired) electrons. The molecule has 0 saturated carbocycles. The third kappa shape index (κ3) is 3.33. The standard InChI is InChI=1S/C16H18N2O4/c1-3-8-17-15(20)11-4-6-13(7-5-11)18-10-12(9-14(18)19)16(21)22-2/h3-7,12H,1,8-10H2,2H3,(H,17,20). The van der Waals surface area contributed by atoms with Crippen molar-refractivity contribution in [3.8, 4) is 0 Å². The molecule has 0 aliphatic carbocycles. The van der Waals surface area contributed by atoms with Crippen molar-refractivity contribution in [2.45, 2.75) is 6.42 Å². The number of hydrogen-bond donors (Lipinski definition) is 1. The molecule has 1 aliphatic rings. The summed E-state index contributed by atoms with van der Waals surface area (Å²) in [4.78, 5) is 36.8. The van der Waals surface area contributed by atoms with Gasteiger partial charge in [-0.3, -0.25) is 14.4 Å². The SMILES string of the molecule is C=CCNC(=O)c1ccc(N2CC(C(=O)OC)CC2=O)cc1. The number of anilines is 1. The number of nitrogens with one attached hydrogen (secondary N) is 1. The van der Waals surface area contributed by atoms with Crippen LogP contribution in [-0.4, -0.2) is 38.0 Å². The molecule has 1 saturated heterocycles. The number of benzene rings is 1. The molecule has 1 N–H and O–H groups in total. The third-order valence-electron chi connectivity index (χ3n) is 3.51. The first-order valence-corrected chi connectivity index (χ1v) is 6.94. The number of hydrogen-bond acceptors (Lipinski definition) is 4. The molecular formula is C16H18N2O4. The van der Waals surface area contributed by atoms with Crippen molar-refractivity contribution in [1.82, 2.24) is 5.32 Å². The lowest BCUT2D eigenvalue weighted by molar-refractivity contribution is -0.145. The fourth-order valence-electron chi connectivity index (χ4n) is 2.34. The first kappa shape index (κ1) is 15.8. The average molecular weight is 302 g/mol. The predicted octanol–water partition coefficient (Wildman–Crippen LogP) is 1.13. The molecule has 1 heterocycles. The minimum absolute atomic E-state index is 0.126. The van der Waals surface area contributed by atoms with Crippen molar-refractivity contribution in [3.05, 3.63) is 42.5 Å². The zero-order chi connectivity index (χ0) is 16.1. The molecule has 116 valence electrons. The van der Waals surface area contributed by atoms with Crippen LogP contribution in [0, 0.1) is 5.92 Å². The maximum atomic E-state index is 12.0. The van der Waals surface area contributed by atoms with Crippen LogP contribution in [0.5, 0.6) is 0 Å². The molecule has 0 spiro atoms. The van der Waals surface area contributed by atoms with E-state index in [0.29, 0.717) is 24.3 Å². The van der Waals surface area contributed by atoms with Gasteiger partial charge in [-0.05, 0) is 24.3 Å². The molecule has 6 nitrogen and oxygen atoms in total. The Hall–Kier alpha value is -2.63. The molecule has 1 unspecified atom stereocenters. The van der Waals surface area contributed by atoms with Gasteiger partial charge < -0.3 is 15.0 Å². The Kier molecular flexibility index (Phi) is 4.93. The molecule has 1 aliphatic heterocycles. The molecule has 2 amide bonds. The van der Waals surface area contributed by atoms with Gasteiger partial charge >= 0.3 is 5.97 Å². The Morgan fingerprint density at radius 2 is 2.09 bits per heavy atom. The topological polar surface area (TPSA) is 75.7 Å². The van der Waals surface area contributed by atoms with E-state index in [-0.39, 0.29) is 24.2 Å². The molecule has 1 atom stereocenters. The highest BCUT2D eigenvalue weighted by atomic mass is 16.5. The lowest BCUT2D eigenvalue weighted by Gasteiger charge is -2.16. The summed E-state index contributed by atoms with van der Waals surface area (Å²) in [6, 6.07) is 6.68. The van der Waals surface area contributed by atoms with Gasteiger partial charge in [0, 0.05) is 30.8 Å². The van der Waals surface area contributed by atoms with Crippen LogP contribution >= 0.6 is 0 Å². The molecular weight excluding hydrogens is 284 g/mol. The van der Waals surface area contributed by atoms with Gasteiger partial charge in [-0.15, -0.1) is 6.58 Å². The van der Waals surface area contributed by atoms with E-state index in [1.54, 1.807) is 30.3 Å². The minimum Gasteiger partial charge on any atom is -0.469 e. The zero-order valence-electron chi connectivity index (χ0n) is 12.4. The van der Waals surface area contributed by atoms with E-state index in [4.69, 9.17) is 0 Å². The highest BCUT2D eigenvalue weighted by molar-refractivity contribution is 6.00. The van der Waals surface area contributed by atoms with Crippen LogP contribution < -0.4 is 10.2 Å². The first-order chi connectivity index (χ1) is 10.6. The monoisotopic (exact) mass is 302 g/mol. The van der Waals surface area contributed by atoms with E-state index in [9.17, 15) is 14.4 Å². The van der Waals surface area contributed by atoms with Crippen molar-refractivity contribution in [2.24, 2.45) is 5.92 Å². The van der Waals surface area contributed by atoms with Gasteiger partial charge in [0.1, 0.15) is 0 Å². The lowest BCUT2D eigenvalue weighted by Crippen LogP contribution is -2.26. The Balaban J connectivity index is 2.07. The van der Waals surface area contributed by atoms with Crippen LogP contribution in [0.3, 0.4) is 0 Å². The van der Waals surface area contributed by atoms with Crippen molar-refractivity contribution >= 4 is 23.5 Å². The number of ether oxygens (including phenoxy) is 1. The van der Waals surface area contributed by atoms with E-state index >= 15 is 0 Å². The molecule has 22 heavy (non-hydrogen) atoms. The van der Waals surface area contributed by atoms with E-state index in [2.05, 4.69) is 16.6 Å². The summed E-state index contributed by atoms with van der Waals surface area (Å²) in [5.74, 6) is -1.14. The summed E-state index contributed by atoms with van der Waals surface area (Å²) in [5.41, 5.74) is 1.17. The summed E-state index contributed by atoms with van der Waals surface area (Å²) >= 11 is 0. The smallest absolute Gasteiger partial charge is 0.311 e. The van der Waals surface area contributed by atoms with E-state index < -0.39 is 5.92 Å². The van der Waals surface area contributed by atoms with Gasteiger partial charge in [0.05, 0.1) is 13.0 Å². The van der Waals surface area contributed by atoms with Crippen LogP contribution in [0.4, 0.5) is 5.69 Å². The number of amides is 2. The van der Waals surface area contributed by atoms with Gasteiger partial charge in [-0.2, -0.15) is 0 Å². The number of methoxy groups -OCH3 is 1. The van der Waals surface area contributed by atoms with Gasteiger partial charge in [0.2, 0.25) is 5.91 Å². The third-order valence-corrected chi connectivity index (χ3v) is 3.51. The summed E-state index contributed by atoms with van der Waals surface area (Å²) < 4.78 is 4.68. The van der Waals surface area contributed by atoms with Crippen LogP contribution in [0.15, 0.2) is 36.9 Å². The molecule has 6 heteroatoms. The minimum atomic E-state index is -0.437. The Morgan fingerprint density at radius 3 is 2.68 bits per heavy atom. The maximum Gasteiger partial charge on any atom is 0.311 e. The highest BCUT2D eigenvalue weighted by Crippen LogP contribution is 2.26. The summed E-state index contributed by atoms with van der Waals surface area (Å²) in [7, 11) is 1.31. The van der Waals surface area contributed by atoms with Crippen LogP contribution in [0.1, 0.15) is 16.8 Å². The number of nitrogens with zero attached hydrogens (tertiary/aromatic N) is 1. The fourth-order valence-corrected chi connectivity index (χ4v) is 2.34. The molecule has 0 bridgehead atoms. The van der Waals surface area contributed by atoms with Crippen molar-refractivity contribution < 1.29 is 19.1 Å². The normalized spacial score (nSPS) is 17.2. The number of carbonyl (C=O) groups excluding carboxylic acids is 3. The number of carbonyl (C=O) groups is 3. The lowest BCUT2D eigenvalue weighted by atomic mass is 10.1. The van der Waals surface area contributed by atoms with E-state index in [0.717, 1.165) is 0 Å². The zero-order valence-corrected chi connectivity index (χ0v) is 12.4. The second kappa shape index (κ2) is 6.89. The van der Waals surface area contributed by atoms with Gasteiger partial charge in [-0.1, -0.05) is 6.08 Å². The summed E-state index contributed by atoms with van der Waals surface area (Å²) in [6.07, 6.45) is 1.75. The van der Waals surface area contributed by atoms with Crippen LogP contribution in [-0.2, 0) is 14.3 Å². The second-order valence-electron chi connectivity index (χ2n) is 4.97. The molecule has 1 fully saturated rings. The van der Waals surface area contributed by atoms with E-state index in [1.165, 1.54) is 12.0 Å². The largest absolute Gasteiger partial charge is 0.469 e. The average Bonchev–Trinajstić information content (AvgIpc) is 2.93. The fraction of sp³-hybridized carbons (Fsp3) is 0.312. The highest BCUT2D eigenvalue weighted by Gasteiger charge is 2.35. The Morgan fingerprint density at radius 1 is 1.41 bits per heavy atom. The quantitative estimate of drug-likeness (QED) is 0.653. The van der Waals surface area contributed by atoms with Gasteiger partial charge in [0.25, 0.3) is 5.91 Å². The molecule has 0 aromatic heterocycles. The van der Waals surface area contributed by atoms with E-state index in [1.807, 2.05) is 0 Å². The predicted molar refractivity (Wildman–Crippen MR) is 81.4 cm³/mol. The maximum absolute atomic E-state index is 12.0. The van der Waals surface area contributed by atoms with Gasteiger partial charge in [0.15, 0.2) is 0 Å². The molecule has 1 aromatic rings. The number of esters is 1. The van der Waals surface area contributed by atoms with Gasteiger partial charge in [-0.25, -0.2) is 0 Å². The first-order valence-electron chi connectivity index (χ1n) is 6.94.